The molecule has 7 nitrogen and oxygen atoms in total. The van der Waals surface area contributed by atoms with Crippen LogP contribution in [-0.4, -0.2) is 33.0 Å². The molecule has 0 saturated carbocycles. The Morgan fingerprint density at radius 1 is 1.23 bits per heavy atom. The number of aromatic nitrogens is 2. The largest absolute Gasteiger partial charge is 0.337 e. The molecule has 0 spiro atoms. The molecule has 1 atom stereocenters. The van der Waals surface area contributed by atoms with Gasteiger partial charge in [-0.15, -0.1) is 11.3 Å². The van der Waals surface area contributed by atoms with Crippen LogP contribution >= 0.6 is 11.3 Å². The second-order valence-electron chi connectivity index (χ2n) is 5.72. The summed E-state index contributed by atoms with van der Waals surface area (Å²) in [5, 5.41) is 5.77. The van der Waals surface area contributed by atoms with Crippen molar-refractivity contribution in [2.75, 3.05) is 4.90 Å². The molecule has 4 rings (SSSR count). The van der Waals surface area contributed by atoms with Gasteiger partial charge in [0.15, 0.2) is 0 Å². The van der Waals surface area contributed by atoms with Crippen molar-refractivity contribution in [2.24, 2.45) is 0 Å². The summed E-state index contributed by atoms with van der Waals surface area (Å²) >= 11 is 1.46. The number of carbonyl (C=O) groups is 2. The fourth-order valence-electron chi connectivity index (χ4n) is 2.77. The van der Waals surface area contributed by atoms with Gasteiger partial charge in [-0.25, -0.2) is 9.18 Å². The Morgan fingerprint density at radius 2 is 2.00 bits per heavy atom. The van der Waals surface area contributed by atoms with E-state index < -0.39 is 17.9 Å². The van der Waals surface area contributed by atoms with E-state index in [0.29, 0.717) is 11.5 Å². The lowest BCUT2D eigenvalue weighted by Crippen LogP contribution is -2.33. The number of halogens is 1. The first-order chi connectivity index (χ1) is 12.5. The molecule has 132 valence electrons. The summed E-state index contributed by atoms with van der Waals surface area (Å²) in [6.07, 6.45) is 0. The van der Waals surface area contributed by atoms with Gasteiger partial charge in [-0.2, -0.15) is 4.98 Å². The van der Waals surface area contributed by atoms with E-state index >= 15 is 0 Å². The van der Waals surface area contributed by atoms with Crippen molar-refractivity contribution in [2.45, 2.75) is 19.5 Å². The highest BCUT2D eigenvalue weighted by Gasteiger charge is 2.44. The molecule has 0 aliphatic carbocycles. The molecular weight excluding hydrogens is 359 g/mol. The van der Waals surface area contributed by atoms with Crippen LogP contribution in [0.3, 0.4) is 0 Å². The summed E-state index contributed by atoms with van der Waals surface area (Å²) in [5.41, 5.74) is 0.449. The lowest BCUT2D eigenvalue weighted by atomic mass is 10.2. The summed E-state index contributed by atoms with van der Waals surface area (Å²) in [6, 6.07) is 7.92. The Morgan fingerprint density at radius 3 is 2.69 bits per heavy atom. The Balaban J connectivity index is 1.56. The lowest BCUT2D eigenvalue weighted by molar-refractivity contribution is -0.127. The van der Waals surface area contributed by atoms with E-state index in [1.807, 2.05) is 17.5 Å². The van der Waals surface area contributed by atoms with Crippen LogP contribution in [0.1, 0.15) is 12.8 Å². The molecule has 3 heterocycles. The van der Waals surface area contributed by atoms with Gasteiger partial charge in [0.25, 0.3) is 5.91 Å². The zero-order chi connectivity index (χ0) is 18.3. The van der Waals surface area contributed by atoms with Gasteiger partial charge < -0.3 is 4.52 Å². The van der Waals surface area contributed by atoms with Crippen molar-refractivity contribution >= 4 is 29.0 Å². The second-order valence-corrected chi connectivity index (χ2v) is 6.67. The number of benzene rings is 1. The van der Waals surface area contributed by atoms with Crippen LogP contribution < -0.4 is 4.90 Å². The van der Waals surface area contributed by atoms with Gasteiger partial charge in [-0.1, -0.05) is 11.2 Å². The van der Waals surface area contributed by atoms with Crippen LogP contribution in [0.25, 0.3) is 10.7 Å². The Hall–Kier alpha value is -3.07. The van der Waals surface area contributed by atoms with Crippen LogP contribution in [0.2, 0.25) is 0 Å². The van der Waals surface area contributed by atoms with Crippen molar-refractivity contribution in [3.63, 3.8) is 0 Å². The molecule has 0 bridgehead atoms. The SMILES string of the molecule is CC1C(=O)N(Cc2nc(-c3cccs3)no2)C(=O)N1c1ccc(F)cc1. The smallest absolute Gasteiger partial charge is 0.332 e. The van der Waals surface area contributed by atoms with Gasteiger partial charge in [-0.3, -0.25) is 14.6 Å². The normalized spacial score (nSPS) is 17.4. The average molecular weight is 372 g/mol. The van der Waals surface area contributed by atoms with Gasteiger partial charge >= 0.3 is 6.03 Å². The van der Waals surface area contributed by atoms with Gasteiger partial charge in [-0.05, 0) is 42.6 Å². The third kappa shape index (κ3) is 2.76. The van der Waals surface area contributed by atoms with Crippen LogP contribution in [0.5, 0.6) is 0 Å². The molecule has 1 aliphatic rings. The first-order valence-corrected chi connectivity index (χ1v) is 8.69. The van der Waals surface area contributed by atoms with Gasteiger partial charge in [0.1, 0.15) is 18.4 Å². The van der Waals surface area contributed by atoms with Crippen molar-refractivity contribution in [1.29, 1.82) is 0 Å². The summed E-state index contributed by atoms with van der Waals surface area (Å²) in [6.45, 7) is 1.51. The standard InChI is InChI=1S/C17H13FN4O3S/c1-10-16(23)21(17(24)22(10)12-6-4-11(18)5-7-12)9-14-19-15(20-25-14)13-3-2-8-26-13/h2-8,10H,9H2,1H3. The minimum atomic E-state index is -0.701. The van der Waals surface area contributed by atoms with E-state index in [1.54, 1.807) is 6.92 Å². The fourth-order valence-corrected chi connectivity index (χ4v) is 3.42. The van der Waals surface area contributed by atoms with Crippen molar-refractivity contribution in [1.82, 2.24) is 15.0 Å². The molecule has 2 aromatic heterocycles. The van der Waals surface area contributed by atoms with Crippen molar-refractivity contribution < 1.29 is 18.5 Å². The van der Waals surface area contributed by atoms with E-state index in [1.165, 1.54) is 40.5 Å². The number of hydrogen-bond acceptors (Lipinski definition) is 6. The third-order valence-corrected chi connectivity index (χ3v) is 4.92. The first kappa shape index (κ1) is 16.4. The molecule has 0 N–H and O–H groups in total. The number of rotatable bonds is 4. The quantitative estimate of drug-likeness (QED) is 0.657. The maximum atomic E-state index is 13.1. The van der Waals surface area contributed by atoms with Gasteiger partial charge in [0.2, 0.25) is 11.7 Å². The van der Waals surface area contributed by atoms with E-state index in [2.05, 4.69) is 10.1 Å². The van der Waals surface area contributed by atoms with Crippen LogP contribution in [0.4, 0.5) is 14.9 Å². The molecule has 26 heavy (non-hydrogen) atoms. The maximum absolute atomic E-state index is 13.1. The molecule has 9 heteroatoms. The van der Waals surface area contributed by atoms with E-state index in [-0.39, 0.29) is 18.3 Å². The molecule has 3 amide bonds. The molecule has 0 radical (unpaired) electrons. The van der Waals surface area contributed by atoms with E-state index in [4.69, 9.17) is 4.52 Å². The molecule has 1 aromatic carbocycles. The van der Waals surface area contributed by atoms with E-state index in [9.17, 15) is 14.0 Å². The number of urea groups is 1. The van der Waals surface area contributed by atoms with Crippen LogP contribution in [0, 0.1) is 5.82 Å². The maximum Gasteiger partial charge on any atom is 0.332 e. The molecular formula is C17H13FN4O3S. The van der Waals surface area contributed by atoms with Crippen molar-refractivity contribution in [3.05, 3.63) is 53.5 Å². The van der Waals surface area contributed by atoms with Gasteiger partial charge in [0.05, 0.1) is 4.88 Å². The zero-order valence-corrected chi connectivity index (χ0v) is 14.4. The minimum absolute atomic E-state index is 0.113. The number of thiophene rings is 1. The topological polar surface area (TPSA) is 79.5 Å². The number of imide groups is 1. The fraction of sp³-hybridized carbons (Fsp3) is 0.176. The predicted octanol–water partition coefficient (Wildman–Crippen LogP) is 3.29. The summed E-state index contributed by atoms with van der Waals surface area (Å²) < 4.78 is 18.3. The Bertz CT molecular complexity index is 955. The molecule has 1 fully saturated rings. The molecule has 1 saturated heterocycles. The Labute approximate surface area is 151 Å². The number of anilines is 1. The molecule has 3 aromatic rings. The predicted molar refractivity (Wildman–Crippen MR) is 91.9 cm³/mol. The summed E-state index contributed by atoms with van der Waals surface area (Å²) in [5.74, 6) is -0.209. The summed E-state index contributed by atoms with van der Waals surface area (Å²) in [4.78, 5) is 32.7. The Kier molecular flexibility index (Phi) is 4.00. The number of amides is 3. The number of hydrogen-bond donors (Lipinski definition) is 0. The molecule has 1 unspecified atom stereocenters. The highest BCUT2D eigenvalue weighted by Crippen LogP contribution is 2.27. The monoisotopic (exact) mass is 372 g/mol. The van der Waals surface area contributed by atoms with Gasteiger partial charge in [0, 0.05) is 5.69 Å². The van der Waals surface area contributed by atoms with Crippen LogP contribution in [0.15, 0.2) is 46.3 Å². The van der Waals surface area contributed by atoms with E-state index in [0.717, 1.165) is 9.78 Å². The van der Waals surface area contributed by atoms with Crippen LogP contribution in [-0.2, 0) is 11.3 Å². The first-order valence-electron chi connectivity index (χ1n) is 7.81. The third-order valence-electron chi connectivity index (χ3n) is 4.06. The lowest BCUT2D eigenvalue weighted by Gasteiger charge is -2.18. The number of nitrogens with zero attached hydrogens (tertiary/aromatic N) is 4. The second kappa shape index (κ2) is 6.34. The highest BCUT2D eigenvalue weighted by atomic mass is 32.1. The highest BCUT2D eigenvalue weighted by molar-refractivity contribution is 7.13. The summed E-state index contributed by atoms with van der Waals surface area (Å²) in [7, 11) is 0. The molecule has 1 aliphatic heterocycles. The number of carbonyl (C=O) groups excluding carboxylic acids is 2. The minimum Gasteiger partial charge on any atom is -0.337 e. The van der Waals surface area contributed by atoms with Crippen molar-refractivity contribution in [3.8, 4) is 10.7 Å². The zero-order valence-electron chi connectivity index (χ0n) is 13.6. The average Bonchev–Trinajstić information content (AvgIpc) is 3.35.